The molecule has 3 amide bonds. The van der Waals surface area contributed by atoms with Crippen LogP contribution in [0.4, 0.5) is 0 Å². The van der Waals surface area contributed by atoms with Crippen molar-refractivity contribution in [2.75, 3.05) is 7.05 Å². The second-order valence-corrected chi connectivity index (χ2v) is 5.73. The summed E-state index contributed by atoms with van der Waals surface area (Å²) in [6.45, 7) is 0. The van der Waals surface area contributed by atoms with Crippen LogP contribution in [0.2, 0.25) is 0 Å². The molecule has 0 aromatic heterocycles. The SMILES string of the molecule is CN1C(=O)CCC(NC(=O)[C@@H]2CCCC[C@@H]2C(=O)O)C1=O. The third-order valence-electron chi connectivity index (χ3n) is 4.39. The summed E-state index contributed by atoms with van der Waals surface area (Å²) in [4.78, 5) is 47.9. The average molecular weight is 296 g/mol. The third-order valence-corrected chi connectivity index (χ3v) is 4.39. The lowest BCUT2D eigenvalue weighted by Crippen LogP contribution is -2.54. The zero-order chi connectivity index (χ0) is 15.6. The number of aliphatic carboxylic acids is 1. The van der Waals surface area contributed by atoms with Gasteiger partial charge >= 0.3 is 5.97 Å². The van der Waals surface area contributed by atoms with Crippen molar-refractivity contribution in [3.05, 3.63) is 0 Å². The van der Waals surface area contributed by atoms with Crippen LogP contribution in [-0.2, 0) is 19.2 Å². The van der Waals surface area contributed by atoms with Gasteiger partial charge in [-0.05, 0) is 19.3 Å². The Morgan fingerprint density at radius 2 is 1.76 bits per heavy atom. The Morgan fingerprint density at radius 3 is 2.38 bits per heavy atom. The number of carbonyl (C=O) groups is 4. The summed E-state index contributed by atoms with van der Waals surface area (Å²) in [5.74, 6) is -3.31. The number of likely N-dealkylation sites (N-methyl/N-ethyl adjacent to an activating group) is 1. The lowest BCUT2D eigenvalue weighted by Gasteiger charge is -2.32. The first kappa shape index (κ1) is 15.5. The van der Waals surface area contributed by atoms with Gasteiger partial charge in [0.25, 0.3) is 5.91 Å². The molecule has 2 rings (SSSR count). The van der Waals surface area contributed by atoms with Gasteiger partial charge in [-0.3, -0.25) is 24.1 Å². The highest BCUT2D eigenvalue weighted by Crippen LogP contribution is 2.30. The molecule has 2 N–H and O–H groups in total. The van der Waals surface area contributed by atoms with Crippen LogP contribution in [0.3, 0.4) is 0 Å². The van der Waals surface area contributed by atoms with Crippen LogP contribution < -0.4 is 5.32 Å². The summed E-state index contributed by atoms with van der Waals surface area (Å²) in [6, 6.07) is -0.725. The molecular formula is C14H20N2O5. The quantitative estimate of drug-likeness (QED) is 0.721. The van der Waals surface area contributed by atoms with E-state index in [2.05, 4.69) is 5.32 Å². The van der Waals surface area contributed by atoms with E-state index in [1.807, 2.05) is 0 Å². The first-order chi connectivity index (χ1) is 9.91. The summed E-state index contributed by atoms with van der Waals surface area (Å²) in [6.07, 6.45) is 3.13. The van der Waals surface area contributed by atoms with Crippen molar-refractivity contribution in [2.45, 2.75) is 44.6 Å². The van der Waals surface area contributed by atoms with Gasteiger partial charge in [-0.15, -0.1) is 0 Å². The molecule has 0 spiro atoms. The van der Waals surface area contributed by atoms with Crippen molar-refractivity contribution in [2.24, 2.45) is 11.8 Å². The molecule has 116 valence electrons. The summed E-state index contributed by atoms with van der Waals surface area (Å²) >= 11 is 0. The maximum absolute atomic E-state index is 12.3. The van der Waals surface area contributed by atoms with Gasteiger partial charge in [-0.1, -0.05) is 12.8 Å². The number of carbonyl (C=O) groups excluding carboxylic acids is 3. The van der Waals surface area contributed by atoms with Gasteiger partial charge < -0.3 is 10.4 Å². The third kappa shape index (κ3) is 3.22. The smallest absolute Gasteiger partial charge is 0.307 e. The molecule has 2 fully saturated rings. The number of hydrogen-bond donors (Lipinski definition) is 2. The number of carboxylic acids is 1. The molecule has 7 nitrogen and oxygen atoms in total. The maximum Gasteiger partial charge on any atom is 0.307 e. The summed E-state index contributed by atoms with van der Waals surface area (Å²) in [5.41, 5.74) is 0. The Hall–Kier alpha value is -1.92. The van der Waals surface area contributed by atoms with Gasteiger partial charge in [0, 0.05) is 13.5 Å². The zero-order valence-corrected chi connectivity index (χ0v) is 12.0. The Bertz CT molecular complexity index is 476. The lowest BCUT2D eigenvalue weighted by molar-refractivity contribution is -0.151. The highest BCUT2D eigenvalue weighted by molar-refractivity contribution is 6.01. The van der Waals surface area contributed by atoms with E-state index in [0.717, 1.165) is 17.7 Å². The molecule has 3 atom stereocenters. The minimum absolute atomic E-state index is 0.209. The van der Waals surface area contributed by atoms with Crippen molar-refractivity contribution >= 4 is 23.7 Å². The molecule has 1 saturated heterocycles. The zero-order valence-electron chi connectivity index (χ0n) is 12.0. The largest absolute Gasteiger partial charge is 0.481 e. The predicted molar refractivity (Wildman–Crippen MR) is 72.0 cm³/mol. The van der Waals surface area contributed by atoms with E-state index in [9.17, 15) is 24.3 Å². The van der Waals surface area contributed by atoms with E-state index in [0.29, 0.717) is 12.8 Å². The molecule has 2 aliphatic rings. The molecular weight excluding hydrogens is 276 g/mol. The Labute approximate surface area is 122 Å². The number of carboxylic acid groups (broad SMARTS) is 1. The number of amides is 3. The molecule has 21 heavy (non-hydrogen) atoms. The Balaban J connectivity index is 2.01. The maximum atomic E-state index is 12.3. The van der Waals surface area contributed by atoms with Crippen LogP contribution in [-0.4, -0.2) is 46.8 Å². The van der Waals surface area contributed by atoms with Gasteiger partial charge in [0.2, 0.25) is 11.8 Å². The van der Waals surface area contributed by atoms with Crippen LogP contribution >= 0.6 is 0 Å². The lowest BCUT2D eigenvalue weighted by atomic mass is 9.78. The number of rotatable bonds is 3. The summed E-state index contributed by atoms with van der Waals surface area (Å²) < 4.78 is 0. The molecule has 0 aromatic carbocycles. The molecule has 1 unspecified atom stereocenters. The van der Waals surface area contributed by atoms with Crippen molar-refractivity contribution in [1.82, 2.24) is 10.2 Å². The van der Waals surface area contributed by atoms with Gasteiger partial charge in [0.15, 0.2) is 0 Å². The number of nitrogens with one attached hydrogen (secondary N) is 1. The van der Waals surface area contributed by atoms with E-state index in [-0.39, 0.29) is 24.7 Å². The first-order valence-corrected chi connectivity index (χ1v) is 7.25. The molecule has 0 bridgehead atoms. The van der Waals surface area contributed by atoms with E-state index in [1.165, 1.54) is 7.05 Å². The molecule has 7 heteroatoms. The van der Waals surface area contributed by atoms with Gasteiger partial charge in [-0.2, -0.15) is 0 Å². The minimum Gasteiger partial charge on any atom is -0.481 e. The normalized spacial score (nSPS) is 30.1. The topological polar surface area (TPSA) is 104 Å². The van der Waals surface area contributed by atoms with Crippen molar-refractivity contribution in [3.8, 4) is 0 Å². The molecule has 1 saturated carbocycles. The Morgan fingerprint density at radius 1 is 1.14 bits per heavy atom. The predicted octanol–water partition coefficient (Wildman–Crippen LogP) is 0.141. The van der Waals surface area contributed by atoms with E-state index < -0.39 is 29.8 Å². The number of piperidine rings is 1. The molecule has 1 aliphatic heterocycles. The summed E-state index contributed by atoms with van der Waals surface area (Å²) in [7, 11) is 1.39. The first-order valence-electron chi connectivity index (χ1n) is 7.25. The number of nitrogens with zero attached hydrogens (tertiary/aromatic N) is 1. The number of imide groups is 1. The fraction of sp³-hybridized carbons (Fsp3) is 0.714. The van der Waals surface area contributed by atoms with Gasteiger partial charge in [0.05, 0.1) is 11.8 Å². The van der Waals surface area contributed by atoms with Crippen molar-refractivity contribution < 1.29 is 24.3 Å². The van der Waals surface area contributed by atoms with Crippen LogP contribution in [0, 0.1) is 11.8 Å². The molecule has 0 aromatic rings. The van der Waals surface area contributed by atoms with Crippen molar-refractivity contribution in [1.29, 1.82) is 0 Å². The minimum atomic E-state index is -0.961. The molecule has 1 heterocycles. The molecule has 0 radical (unpaired) electrons. The monoisotopic (exact) mass is 296 g/mol. The standard InChI is InChI=1S/C14H20N2O5/c1-16-11(17)7-6-10(13(16)19)15-12(18)8-4-2-3-5-9(8)14(20)21/h8-10H,2-7H2,1H3,(H,15,18)(H,20,21)/t8-,9+,10?/m1/s1. The van der Waals surface area contributed by atoms with E-state index >= 15 is 0 Å². The highest BCUT2D eigenvalue weighted by Gasteiger charge is 2.39. The van der Waals surface area contributed by atoms with Crippen molar-refractivity contribution in [3.63, 3.8) is 0 Å². The Kier molecular flexibility index (Phi) is 4.59. The number of likely N-dealkylation sites (tertiary alicyclic amines) is 1. The molecule has 1 aliphatic carbocycles. The van der Waals surface area contributed by atoms with Gasteiger partial charge in [-0.25, -0.2) is 0 Å². The van der Waals surface area contributed by atoms with E-state index in [1.54, 1.807) is 0 Å². The fourth-order valence-corrected chi connectivity index (χ4v) is 3.07. The summed E-state index contributed by atoms with van der Waals surface area (Å²) in [5, 5.41) is 11.8. The van der Waals surface area contributed by atoms with Crippen LogP contribution in [0.15, 0.2) is 0 Å². The van der Waals surface area contributed by atoms with Gasteiger partial charge in [0.1, 0.15) is 6.04 Å². The average Bonchev–Trinajstić information content (AvgIpc) is 2.47. The second-order valence-electron chi connectivity index (χ2n) is 5.73. The van der Waals surface area contributed by atoms with E-state index in [4.69, 9.17) is 0 Å². The highest BCUT2D eigenvalue weighted by atomic mass is 16.4. The van der Waals surface area contributed by atoms with Crippen LogP contribution in [0.25, 0.3) is 0 Å². The van der Waals surface area contributed by atoms with Crippen LogP contribution in [0.5, 0.6) is 0 Å². The fourth-order valence-electron chi connectivity index (χ4n) is 3.07. The second kappa shape index (κ2) is 6.24. The number of hydrogen-bond acceptors (Lipinski definition) is 4. The van der Waals surface area contributed by atoms with Crippen LogP contribution in [0.1, 0.15) is 38.5 Å².